The second kappa shape index (κ2) is 7.30. The standard InChI is InChI=1S/C23H16O4/c24-21-14-22(23(25)20-9-5-4-8-19(20)21)27-18-12-10-17(11-13-18)26-15-16-6-2-1-3-7-16/h1-14H,15H2. The Morgan fingerprint density at radius 2 is 1.30 bits per heavy atom. The van der Waals surface area contributed by atoms with Crippen LogP contribution in [0, 0.1) is 0 Å². The van der Waals surface area contributed by atoms with Crippen LogP contribution in [0.1, 0.15) is 26.3 Å². The normalized spacial score (nSPS) is 13.0. The second-order valence-electron chi connectivity index (χ2n) is 6.10. The Hall–Kier alpha value is -3.66. The zero-order chi connectivity index (χ0) is 18.6. The molecule has 4 rings (SSSR count). The van der Waals surface area contributed by atoms with E-state index in [0.717, 1.165) is 5.56 Å². The van der Waals surface area contributed by atoms with Gasteiger partial charge in [-0.1, -0.05) is 54.6 Å². The highest BCUT2D eigenvalue weighted by Gasteiger charge is 2.26. The van der Waals surface area contributed by atoms with E-state index in [0.29, 0.717) is 29.2 Å². The first-order chi connectivity index (χ1) is 13.2. The molecule has 1 aliphatic rings. The third kappa shape index (κ3) is 3.65. The molecule has 0 saturated carbocycles. The van der Waals surface area contributed by atoms with E-state index in [1.165, 1.54) is 6.08 Å². The van der Waals surface area contributed by atoms with Crippen LogP contribution in [0.25, 0.3) is 0 Å². The highest BCUT2D eigenvalue weighted by molar-refractivity contribution is 6.23. The van der Waals surface area contributed by atoms with E-state index >= 15 is 0 Å². The van der Waals surface area contributed by atoms with Gasteiger partial charge in [0.15, 0.2) is 11.5 Å². The summed E-state index contributed by atoms with van der Waals surface area (Å²) < 4.78 is 11.4. The lowest BCUT2D eigenvalue weighted by Gasteiger charge is -2.15. The fraction of sp³-hybridized carbons (Fsp3) is 0.0435. The third-order valence-electron chi connectivity index (χ3n) is 4.22. The molecule has 4 heteroatoms. The maximum Gasteiger partial charge on any atom is 0.229 e. The molecule has 1 aliphatic carbocycles. The van der Waals surface area contributed by atoms with Crippen LogP contribution < -0.4 is 9.47 Å². The molecule has 4 nitrogen and oxygen atoms in total. The molecule has 0 aliphatic heterocycles. The minimum Gasteiger partial charge on any atom is -0.489 e. The van der Waals surface area contributed by atoms with Gasteiger partial charge in [-0.25, -0.2) is 0 Å². The Bertz CT molecular complexity index is 1020. The van der Waals surface area contributed by atoms with Crippen molar-refractivity contribution < 1.29 is 19.1 Å². The van der Waals surface area contributed by atoms with Crippen molar-refractivity contribution in [3.8, 4) is 11.5 Å². The topological polar surface area (TPSA) is 52.6 Å². The summed E-state index contributed by atoms with van der Waals surface area (Å²) in [6.45, 7) is 0.468. The van der Waals surface area contributed by atoms with Gasteiger partial charge in [-0.15, -0.1) is 0 Å². The number of ketones is 2. The Morgan fingerprint density at radius 3 is 2.04 bits per heavy atom. The van der Waals surface area contributed by atoms with Crippen molar-refractivity contribution >= 4 is 11.6 Å². The lowest BCUT2D eigenvalue weighted by molar-refractivity contribution is 0.0947. The van der Waals surface area contributed by atoms with E-state index in [2.05, 4.69) is 0 Å². The van der Waals surface area contributed by atoms with Crippen molar-refractivity contribution in [2.45, 2.75) is 6.61 Å². The lowest BCUT2D eigenvalue weighted by atomic mass is 9.94. The number of Topliss-reactive ketones (excluding diaryl/α,β-unsaturated/α-hetero) is 1. The summed E-state index contributed by atoms with van der Waals surface area (Å²) in [5, 5.41) is 0. The van der Waals surface area contributed by atoms with Crippen molar-refractivity contribution in [2.24, 2.45) is 0 Å². The van der Waals surface area contributed by atoms with Gasteiger partial charge in [-0.2, -0.15) is 0 Å². The molecule has 132 valence electrons. The monoisotopic (exact) mass is 356 g/mol. The molecule has 0 saturated heterocycles. The summed E-state index contributed by atoms with van der Waals surface area (Å²) in [5.41, 5.74) is 1.84. The predicted octanol–water partition coefficient (Wildman–Crippen LogP) is 4.61. The van der Waals surface area contributed by atoms with E-state index in [1.54, 1.807) is 48.5 Å². The summed E-state index contributed by atoms with van der Waals surface area (Å²) in [4.78, 5) is 24.7. The van der Waals surface area contributed by atoms with Gasteiger partial charge in [-0.05, 0) is 29.8 Å². The maximum absolute atomic E-state index is 12.5. The summed E-state index contributed by atoms with van der Waals surface area (Å²) >= 11 is 0. The van der Waals surface area contributed by atoms with Crippen molar-refractivity contribution in [2.75, 3.05) is 0 Å². The molecule has 0 spiro atoms. The SMILES string of the molecule is O=C1C=C(Oc2ccc(OCc3ccccc3)cc2)C(=O)c2ccccc21. The first-order valence-corrected chi connectivity index (χ1v) is 8.55. The third-order valence-corrected chi connectivity index (χ3v) is 4.22. The molecule has 3 aromatic rings. The number of allylic oxidation sites excluding steroid dienone is 2. The van der Waals surface area contributed by atoms with E-state index in [9.17, 15) is 9.59 Å². The average Bonchev–Trinajstić information content (AvgIpc) is 2.72. The van der Waals surface area contributed by atoms with Crippen LogP contribution in [0.4, 0.5) is 0 Å². The van der Waals surface area contributed by atoms with Gasteiger partial charge in [0.1, 0.15) is 18.1 Å². The second-order valence-corrected chi connectivity index (χ2v) is 6.10. The molecule has 0 unspecified atom stereocenters. The minimum atomic E-state index is -0.297. The van der Waals surface area contributed by atoms with Crippen molar-refractivity contribution in [3.05, 3.63) is 107 Å². The number of fused-ring (bicyclic) bond motifs is 1. The van der Waals surface area contributed by atoms with Crippen molar-refractivity contribution in [1.29, 1.82) is 0 Å². The Kier molecular flexibility index (Phi) is 4.54. The Morgan fingerprint density at radius 1 is 0.667 bits per heavy atom. The number of carbonyl (C=O) groups excluding carboxylic acids is 2. The highest BCUT2D eigenvalue weighted by atomic mass is 16.5. The quantitative estimate of drug-likeness (QED) is 0.670. The molecule has 0 heterocycles. The average molecular weight is 356 g/mol. The van der Waals surface area contributed by atoms with Crippen LogP contribution in [0.5, 0.6) is 11.5 Å². The molecule has 0 N–H and O–H groups in total. The predicted molar refractivity (Wildman–Crippen MR) is 101 cm³/mol. The summed E-state index contributed by atoms with van der Waals surface area (Å²) in [6, 6.07) is 23.6. The van der Waals surface area contributed by atoms with E-state index in [4.69, 9.17) is 9.47 Å². The number of hydrogen-bond donors (Lipinski definition) is 0. The van der Waals surface area contributed by atoms with Gasteiger partial charge in [0, 0.05) is 17.2 Å². The van der Waals surface area contributed by atoms with Crippen LogP contribution >= 0.6 is 0 Å². The number of carbonyl (C=O) groups is 2. The van der Waals surface area contributed by atoms with Crippen LogP contribution in [-0.2, 0) is 6.61 Å². The molecule has 0 aromatic heterocycles. The summed E-state index contributed by atoms with van der Waals surface area (Å²) in [5.74, 6) is 0.652. The van der Waals surface area contributed by atoms with Gasteiger partial charge in [0.2, 0.25) is 5.78 Å². The van der Waals surface area contributed by atoms with Crippen LogP contribution in [-0.4, -0.2) is 11.6 Å². The Balaban J connectivity index is 1.44. The zero-order valence-electron chi connectivity index (χ0n) is 14.4. The number of benzene rings is 3. The van der Waals surface area contributed by atoms with E-state index in [1.807, 2.05) is 30.3 Å². The van der Waals surface area contributed by atoms with Gasteiger partial charge in [0.05, 0.1) is 0 Å². The van der Waals surface area contributed by atoms with Crippen LogP contribution in [0.15, 0.2) is 90.7 Å². The molecule has 0 atom stereocenters. The van der Waals surface area contributed by atoms with Crippen LogP contribution in [0.2, 0.25) is 0 Å². The molecule has 0 radical (unpaired) electrons. The molecule has 0 bridgehead atoms. The number of ether oxygens (including phenoxy) is 2. The minimum absolute atomic E-state index is 0.0247. The van der Waals surface area contributed by atoms with Gasteiger partial charge in [-0.3, -0.25) is 9.59 Å². The fourth-order valence-electron chi connectivity index (χ4n) is 2.84. The summed E-state index contributed by atoms with van der Waals surface area (Å²) in [6.07, 6.45) is 1.24. The smallest absolute Gasteiger partial charge is 0.229 e. The maximum atomic E-state index is 12.5. The largest absolute Gasteiger partial charge is 0.489 e. The van der Waals surface area contributed by atoms with Gasteiger partial charge >= 0.3 is 0 Å². The first kappa shape index (κ1) is 16.8. The lowest BCUT2D eigenvalue weighted by Crippen LogP contribution is -2.20. The molecular formula is C23H16O4. The van der Waals surface area contributed by atoms with Gasteiger partial charge < -0.3 is 9.47 Å². The van der Waals surface area contributed by atoms with E-state index < -0.39 is 0 Å². The van der Waals surface area contributed by atoms with E-state index in [-0.39, 0.29) is 17.3 Å². The van der Waals surface area contributed by atoms with Crippen LogP contribution in [0.3, 0.4) is 0 Å². The number of hydrogen-bond acceptors (Lipinski definition) is 4. The summed E-state index contributed by atoms with van der Waals surface area (Å²) in [7, 11) is 0. The highest BCUT2D eigenvalue weighted by Crippen LogP contribution is 2.25. The zero-order valence-corrected chi connectivity index (χ0v) is 14.4. The first-order valence-electron chi connectivity index (χ1n) is 8.55. The van der Waals surface area contributed by atoms with Crippen molar-refractivity contribution in [1.82, 2.24) is 0 Å². The molecule has 0 amide bonds. The molecule has 3 aromatic carbocycles. The van der Waals surface area contributed by atoms with Gasteiger partial charge in [0.25, 0.3) is 0 Å². The number of rotatable bonds is 5. The molecular weight excluding hydrogens is 340 g/mol. The van der Waals surface area contributed by atoms with Crippen molar-refractivity contribution in [3.63, 3.8) is 0 Å². The Labute approximate surface area is 156 Å². The molecule has 27 heavy (non-hydrogen) atoms. The fourth-order valence-corrected chi connectivity index (χ4v) is 2.84. The molecule has 0 fully saturated rings.